The summed E-state index contributed by atoms with van der Waals surface area (Å²) in [4.78, 5) is 0. The maximum atomic E-state index is 12.7. The molecule has 2 aliphatic rings. The van der Waals surface area contributed by atoms with Crippen LogP contribution < -0.4 is 9.65 Å². The Labute approximate surface area is 581 Å². The number of halogens is 3. The van der Waals surface area contributed by atoms with Crippen LogP contribution in [0.2, 0.25) is 0 Å². The third-order valence-electron chi connectivity index (χ3n) is 21.6. The van der Waals surface area contributed by atoms with Crippen molar-refractivity contribution in [3.05, 3.63) is 313 Å². The molecule has 0 saturated carbocycles. The lowest BCUT2D eigenvalue weighted by molar-refractivity contribution is -0.0500. The second-order valence-electron chi connectivity index (χ2n) is 28.0. The molecular weight excluding hydrogens is 1270 g/mol. The lowest BCUT2D eigenvalue weighted by atomic mass is 9.75. The molecule has 10 heteroatoms. The SMILES string of the molecule is CC1(C)c2ccccc2-c2ccc(-c3ccc4cc(-c5ccc6c7ccccc7c7cccc8ccc5c6c87)ccc4c3)cc21.CC1(C)c2ccccc2-c2ccc(B(O)O)cc21.O=S(=O)(Oc1ccc2cc(-c3ccc4c5ccccc5c5cccc6ccc3c4c65)ccc2c1)C(F)(F)F. The molecule has 0 atom stereocenters. The first-order valence-electron chi connectivity index (χ1n) is 33.9. The number of rotatable bonds is 6. The van der Waals surface area contributed by atoms with Gasteiger partial charge in [-0.2, -0.15) is 21.6 Å². The Morgan fingerprint density at radius 2 is 0.663 bits per heavy atom. The third-order valence-corrected chi connectivity index (χ3v) is 22.6. The fourth-order valence-corrected chi connectivity index (χ4v) is 17.2. The highest BCUT2D eigenvalue weighted by Gasteiger charge is 2.48. The van der Waals surface area contributed by atoms with Crippen molar-refractivity contribution in [3.63, 3.8) is 0 Å². The summed E-state index contributed by atoms with van der Waals surface area (Å²) in [6, 6.07) is 102. The number of hydrogen-bond acceptors (Lipinski definition) is 5. The summed E-state index contributed by atoms with van der Waals surface area (Å²) >= 11 is 0. The minimum atomic E-state index is -5.74. The minimum Gasteiger partial charge on any atom is -0.423 e. The van der Waals surface area contributed by atoms with Gasteiger partial charge in [-0.1, -0.05) is 282 Å². The first-order valence-corrected chi connectivity index (χ1v) is 35.3. The average Bonchev–Trinajstić information content (AvgIpc) is 1.67. The highest BCUT2D eigenvalue weighted by molar-refractivity contribution is 7.88. The molecule has 486 valence electrons. The Morgan fingerprint density at radius 3 is 1.16 bits per heavy atom. The lowest BCUT2D eigenvalue weighted by Crippen LogP contribution is -2.31. The maximum absolute atomic E-state index is 12.7. The Balaban J connectivity index is 0.000000118. The zero-order valence-electron chi connectivity index (χ0n) is 55.5. The van der Waals surface area contributed by atoms with Gasteiger partial charge < -0.3 is 14.2 Å². The average molecular weight is 1340 g/mol. The zero-order valence-corrected chi connectivity index (χ0v) is 56.3. The van der Waals surface area contributed by atoms with Gasteiger partial charge in [0, 0.05) is 10.8 Å². The van der Waals surface area contributed by atoms with E-state index in [1.165, 1.54) is 165 Å². The first-order chi connectivity index (χ1) is 48.8. The molecule has 101 heavy (non-hydrogen) atoms. The molecule has 0 aliphatic heterocycles. The fourth-order valence-electron chi connectivity index (χ4n) is 16.7. The van der Waals surface area contributed by atoms with E-state index >= 15 is 0 Å². The lowest BCUT2D eigenvalue weighted by Gasteiger charge is -2.22. The highest BCUT2D eigenvalue weighted by Crippen LogP contribution is 2.52. The molecule has 0 fully saturated rings. The number of alkyl halides is 3. The van der Waals surface area contributed by atoms with Gasteiger partial charge in [-0.15, -0.1) is 0 Å². The van der Waals surface area contributed by atoms with Gasteiger partial charge in [-0.25, -0.2) is 0 Å². The summed E-state index contributed by atoms with van der Waals surface area (Å²) in [6.45, 7) is 9.05. The second-order valence-corrected chi connectivity index (χ2v) is 29.5. The molecule has 0 bridgehead atoms. The van der Waals surface area contributed by atoms with Crippen molar-refractivity contribution in [2.75, 3.05) is 0 Å². The molecule has 5 nitrogen and oxygen atoms in total. The van der Waals surface area contributed by atoms with Crippen LogP contribution in [0, 0.1) is 0 Å². The van der Waals surface area contributed by atoms with E-state index in [1.54, 1.807) is 18.2 Å². The molecule has 18 aromatic rings. The Hall–Kier alpha value is -11.4. The Bertz CT molecular complexity index is 6610. The molecule has 0 spiro atoms. The van der Waals surface area contributed by atoms with Crippen molar-refractivity contribution in [3.8, 4) is 61.4 Å². The van der Waals surface area contributed by atoms with Crippen LogP contribution in [0.1, 0.15) is 49.9 Å². The fraction of sp³-hybridized carbons (Fsp3) is 0.0769. The van der Waals surface area contributed by atoms with Gasteiger partial charge in [0.05, 0.1) is 0 Å². The van der Waals surface area contributed by atoms with E-state index in [-0.39, 0.29) is 10.8 Å². The van der Waals surface area contributed by atoms with Crippen molar-refractivity contribution in [2.24, 2.45) is 0 Å². The molecule has 0 aromatic heterocycles. The highest BCUT2D eigenvalue weighted by atomic mass is 32.2. The summed E-state index contributed by atoms with van der Waals surface area (Å²) < 4.78 is 65.3. The van der Waals surface area contributed by atoms with Crippen LogP contribution in [0.3, 0.4) is 0 Å². The van der Waals surface area contributed by atoms with Crippen LogP contribution >= 0.6 is 0 Å². The summed E-state index contributed by atoms with van der Waals surface area (Å²) in [5.74, 6) is -0.391. The van der Waals surface area contributed by atoms with Crippen LogP contribution in [0.4, 0.5) is 13.2 Å². The van der Waals surface area contributed by atoms with E-state index < -0.39 is 28.5 Å². The molecule has 0 amide bonds. The van der Waals surface area contributed by atoms with E-state index in [2.05, 4.69) is 250 Å². The number of fused-ring (bicyclic) bond motifs is 14. The van der Waals surface area contributed by atoms with E-state index in [0.29, 0.717) is 10.8 Å². The molecule has 0 radical (unpaired) electrons. The summed E-state index contributed by atoms with van der Waals surface area (Å²) in [6.07, 6.45) is 0. The van der Waals surface area contributed by atoms with Gasteiger partial charge >= 0.3 is 22.7 Å². The standard InChI is InChI=1S/C45H30.C31H17F3O3S.C15H15BO2/c1-45(2)41-13-6-5-11-36(41)37-20-19-31(26-42(37)45)29-14-15-30-25-32(17-16-28(30)24-29)33-22-23-40-35-10-4-3-9-34(35)38-12-7-8-27-18-21-39(33)44(40)43(27)38;32-31(33,34)38(35,36)37-22-12-10-19-16-21(9-8-20(19)17-22)23-14-15-28-25-6-2-1-5-24(25)26-7-3-4-18-11-13-27(23)30(28)29(18)26;1-15(2)13-6-4-3-5-11(13)12-8-7-10(16(17)18)9-14(12)15/h3-26H,1-2H3;1-17H;3-9,17-18H,1-2H3. The maximum Gasteiger partial charge on any atom is 0.534 e. The summed E-state index contributed by atoms with van der Waals surface area (Å²) in [7, 11) is -7.14. The molecule has 18 aromatic carbocycles. The number of benzene rings is 18. The minimum absolute atomic E-state index is 0.000646. The van der Waals surface area contributed by atoms with Crippen molar-refractivity contribution in [2.45, 2.75) is 44.0 Å². The largest absolute Gasteiger partial charge is 0.534 e. The third kappa shape index (κ3) is 9.79. The smallest absolute Gasteiger partial charge is 0.423 e. The van der Waals surface area contributed by atoms with Crippen LogP contribution in [-0.2, 0) is 20.9 Å². The van der Waals surface area contributed by atoms with Crippen molar-refractivity contribution < 1.29 is 35.8 Å². The van der Waals surface area contributed by atoms with Gasteiger partial charge in [-0.3, -0.25) is 0 Å². The van der Waals surface area contributed by atoms with Crippen molar-refractivity contribution in [1.29, 1.82) is 0 Å². The monoisotopic (exact) mass is 1330 g/mol. The van der Waals surface area contributed by atoms with Crippen LogP contribution in [0.15, 0.2) is 291 Å². The quantitative estimate of drug-likeness (QED) is 0.0570. The van der Waals surface area contributed by atoms with E-state index in [1.807, 2.05) is 42.5 Å². The Kier molecular flexibility index (Phi) is 14.0. The van der Waals surface area contributed by atoms with Gasteiger partial charge in [-0.05, 0) is 227 Å². The summed E-state index contributed by atoms with van der Waals surface area (Å²) in [5.41, 5.74) is 12.5. The van der Waals surface area contributed by atoms with E-state index in [0.717, 1.165) is 27.5 Å². The normalized spacial score (nSPS) is 13.6. The van der Waals surface area contributed by atoms with Crippen LogP contribution in [0.5, 0.6) is 5.75 Å². The molecule has 0 unspecified atom stereocenters. The van der Waals surface area contributed by atoms with Crippen molar-refractivity contribution in [1.82, 2.24) is 0 Å². The van der Waals surface area contributed by atoms with Gasteiger partial charge in [0.1, 0.15) is 5.75 Å². The van der Waals surface area contributed by atoms with E-state index in [4.69, 9.17) is 0 Å². The predicted octanol–water partition coefficient (Wildman–Crippen LogP) is 23.0. The van der Waals surface area contributed by atoms with Gasteiger partial charge in [0.2, 0.25) is 0 Å². The van der Waals surface area contributed by atoms with Gasteiger partial charge in [0.15, 0.2) is 0 Å². The molecule has 2 aliphatic carbocycles. The molecule has 2 N–H and O–H groups in total. The zero-order chi connectivity index (χ0) is 69.0. The summed E-state index contributed by atoms with van der Waals surface area (Å²) in [5, 5.41) is 42.6. The first kappa shape index (κ1) is 61.9. The topological polar surface area (TPSA) is 83.8 Å². The molecule has 0 heterocycles. The van der Waals surface area contributed by atoms with Gasteiger partial charge in [0.25, 0.3) is 0 Å². The molecular formula is C91H62BF3O5S. The predicted molar refractivity (Wildman–Crippen MR) is 414 cm³/mol. The van der Waals surface area contributed by atoms with Crippen molar-refractivity contribution >= 4 is 130 Å². The van der Waals surface area contributed by atoms with E-state index in [9.17, 15) is 31.6 Å². The number of hydrogen-bond donors (Lipinski definition) is 2. The van der Waals surface area contributed by atoms with Crippen LogP contribution in [-0.4, -0.2) is 31.1 Å². The molecule has 20 rings (SSSR count). The molecule has 0 saturated heterocycles. The van der Waals surface area contributed by atoms with Crippen LogP contribution in [0.25, 0.3) is 163 Å². The Morgan fingerprint density at radius 1 is 0.307 bits per heavy atom. The second kappa shape index (κ2) is 22.8.